The Morgan fingerprint density at radius 1 is 1.16 bits per heavy atom. The maximum absolute atomic E-state index is 10.8. The van der Waals surface area contributed by atoms with E-state index >= 15 is 0 Å². The maximum Gasteiger partial charge on any atom is 0.335 e. The quantitative estimate of drug-likeness (QED) is 0.903. The molecule has 1 heterocycles. The highest BCUT2D eigenvalue weighted by atomic mass is 16.5. The molecule has 0 atom stereocenters. The van der Waals surface area contributed by atoms with Crippen molar-refractivity contribution in [2.75, 3.05) is 14.2 Å². The molecule has 0 unspecified atom stereocenters. The third-order valence-corrected chi connectivity index (χ3v) is 2.55. The lowest BCUT2D eigenvalue weighted by atomic mass is 10.1. The SMILES string of the molecule is COc1ncc(-c2ccc(C(=O)O)cc2)c(OC)n1. The van der Waals surface area contributed by atoms with Gasteiger partial charge in [-0.05, 0) is 17.7 Å². The molecular formula is C13H12N2O4. The highest BCUT2D eigenvalue weighted by molar-refractivity contribution is 5.88. The number of ether oxygens (including phenoxy) is 2. The van der Waals surface area contributed by atoms with Gasteiger partial charge in [-0.1, -0.05) is 12.1 Å². The van der Waals surface area contributed by atoms with E-state index in [9.17, 15) is 4.79 Å². The molecule has 0 radical (unpaired) electrons. The van der Waals surface area contributed by atoms with Gasteiger partial charge in [-0.15, -0.1) is 0 Å². The number of nitrogens with zero attached hydrogens (tertiary/aromatic N) is 2. The molecule has 0 saturated carbocycles. The summed E-state index contributed by atoms with van der Waals surface area (Å²) >= 11 is 0. The number of carboxylic acid groups (broad SMARTS) is 1. The van der Waals surface area contributed by atoms with Crippen LogP contribution in [-0.4, -0.2) is 35.3 Å². The molecule has 2 aromatic rings. The molecule has 0 saturated heterocycles. The van der Waals surface area contributed by atoms with E-state index in [2.05, 4.69) is 9.97 Å². The van der Waals surface area contributed by atoms with Crippen LogP contribution in [0.4, 0.5) is 0 Å². The molecule has 98 valence electrons. The first-order valence-corrected chi connectivity index (χ1v) is 5.44. The van der Waals surface area contributed by atoms with Crippen LogP contribution in [0.25, 0.3) is 11.1 Å². The van der Waals surface area contributed by atoms with Crippen molar-refractivity contribution in [1.82, 2.24) is 9.97 Å². The van der Waals surface area contributed by atoms with Crippen LogP contribution in [0.1, 0.15) is 10.4 Å². The van der Waals surface area contributed by atoms with Gasteiger partial charge in [-0.25, -0.2) is 9.78 Å². The van der Waals surface area contributed by atoms with Crippen molar-refractivity contribution in [3.8, 4) is 23.0 Å². The van der Waals surface area contributed by atoms with Crippen LogP contribution in [0.15, 0.2) is 30.5 Å². The van der Waals surface area contributed by atoms with E-state index in [-0.39, 0.29) is 11.6 Å². The van der Waals surface area contributed by atoms with Gasteiger partial charge in [0.05, 0.1) is 25.3 Å². The minimum Gasteiger partial charge on any atom is -0.480 e. The number of aromatic carboxylic acids is 1. The molecule has 0 aliphatic carbocycles. The van der Waals surface area contributed by atoms with Crippen LogP contribution < -0.4 is 9.47 Å². The highest BCUT2D eigenvalue weighted by Crippen LogP contribution is 2.28. The number of aromatic nitrogens is 2. The molecule has 1 aromatic heterocycles. The number of hydrogen-bond acceptors (Lipinski definition) is 5. The van der Waals surface area contributed by atoms with Crippen LogP contribution in [0.3, 0.4) is 0 Å². The monoisotopic (exact) mass is 260 g/mol. The summed E-state index contributed by atoms with van der Waals surface area (Å²) in [6.07, 6.45) is 1.57. The Hall–Kier alpha value is -2.63. The average Bonchev–Trinajstić information content (AvgIpc) is 2.46. The van der Waals surface area contributed by atoms with E-state index in [0.717, 1.165) is 5.56 Å². The smallest absolute Gasteiger partial charge is 0.335 e. The number of carboxylic acids is 1. The fraction of sp³-hybridized carbons (Fsp3) is 0.154. The van der Waals surface area contributed by atoms with Gasteiger partial charge in [-0.3, -0.25) is 0 Å². The van der Waals surface area contributed by atoms with Crippen molar-refractivity contribution in [2.45, 2.75) is 0 Å². The van der Waals surface area contributed by atoms with Crippen molar-refractivity contribution in [2.24, 2.45) is 0 Å². The van der Waals surface area contributed by atoms with Gasteiger partial charge in [-0.2, -0.15) is 4.98 Å². The zero-order valence-corrected chi connectivity index (χ0v) is 10.5. The van der Waals surface area contributed by atoms with Gasteiger partial charge >= 0.3 is 12.0 Å². The second kappa shape index (κ2) is 5.34. The van der Waals surface area contributed by atoms with Gasteiger partial charge in [0.1, 0.15) is 0 Å². The van der Waals surface area contributed by atoms with E-state index in [1.807, 2.05) is 0 Å². The van der Waals surface area contributed by atoms with E-state index in [0.29, 0.717) is 11.4 Å². The Bertz CT molecular complexity index is 596. The van der Waals surface area contributed by atoms with E-state index < -0.39 is 5.97 Å². The summed E-state index contributed by atoms with van der Waals surface area (Å²) in [5.41, 5.74) is 1.65. The summed E-state index contributed by atoms with van der Waals surface area (Å²) in [7, 11) is 2.97. The zero-order chi connectivity index (χ0) is 13.8. The third kappa shape index (κ3) is 2.62. The fourth-order valence-corrected chi connectivity index (χ4v) is 1.60. The third-order valence-electron chi connectivity index (χ3n) is 2.55. The minimum atomic E-state index is -0.968. The molecule has 0 aliphatic rings. The van der Waals surface area contributed by atoms with Crippen LogP contribution in [0, 0.1) is 0 Å². The van der Waals surface area contributed by atoms with Crippen molar-refractivity contribution in [3.63, 3.8) is 0 Å². The molecule has 2 rings (SSSR count). The largest absolute Gasteiger partial charge is 0.480 e. The zero-order valence-electron chi connectivity index (χ0n) is 10.5. The van der Waals surface area contributed by atoms with Crippen LogP contribution in [-0.2, 0) is 0 Å². The van der Waals surface area contributed by atoms with Crippen LogP contribution in [0.2, 0.25) is 0 Å². The number of hydrogen-bond donors (Lipinski definition) is 1. The van der Waals surface area contributed by atoms with E-state index in [1.165, 1.54) is 26.4 Å². The fourth-order valence-electron chi connectivity index (χ4n) is 1.60. The summed E-state index contributed by atoms with van der Waals surface area (Å²) in [6.45, 7) is 0. The summed E-state index contributed by atoms with van der Waals surface area (Å²) < 4.78 is 10.1. The standard InChI is InChI=1S/C13H12N2O4/c1-18-11-10(7-14-13(15-11)19-2)8-3-5-9(6-4-8)12(16)17/h3-7H,1-2H3,(H,16,17). The summed E-state index contributed by atoms with van der Waals surface area (Å²) in [4.78, 5) is 18.9. The highest BCUT2D eigenvalue weighted by Gasteiger charge is 2.11. The normalized spacial score (nSPS) is 10.0. The number of carbonyl (C=O) groups is 1. The summed E-state index contributed by atoms with van der Waals surface area (Å²) in [6, 6.07) is 6.60. The van der Waals surface area contributed by atoms with Crippen molar-refractivity contribution < 1.29 is 19.4 Å². The molecule has 6 nitrogen and oxygen atoms in total. The number of benzene rings is 1. The molecule has 0 amide bonds. The first kappa shape index (κ1) is 12.8. The van der Waals surface area contributed by atoms with Gasteiger partial charge < -0.3 is 14.6 Å². The Labute approximate surface area is 109 Å². The predicted molar refractivity (Wildman–Crippen MR) is 67.5 cm³/mol. The van der Waals surface area contributed by atoms with E-state index in [4.69, 9.17) is 14.6 Å². The molecule has 1 aromatic carbocycles. The van der Waals surface area contributed by atoms with Gasteiger partial charge in [0, 0.05) is 6.20 Å². The summed E-state index contributed by atoms with van der Waals surface area (Å²) in [5, 5.41) is 8.85. The molecule has 0 fully saturated rings. The molecular weight excluding hydrogens is 248 g/mol. The number of rotatable bonds is 4. The van der Waals surface area contributed by atoms with Gasteiger partial charge in [0.25, 0.3) is 0 Å². The molecule has 6 heteroatoms. The first-order chi connectivity index (χ1) is 9.15. The second-order valence-corrected chi connectivity index (χ2v) is 3.66. The topological polar surface area (TPSA) is 81.5 Å². The molecule has 0 spiro atoms. The van der Waals surface area contributed by atoms with Crippen LogP contribution >= 0.6 is 0 Å². The molecule has 1 N–H and O–H groups in total. The lowest BCUT2D eigenvalue weighted by Gasteiger charge is -2.08. The van der Waals surface area contributed by atoms with Gasteiger partial charge in [0.2, 0.25) is 5.88 Å². The lowest BCUT2D eigenvalue weighted by molar-refractivity contribution is 0.0697. The van der Waals surface area contributed by atoms with Gasteiger partial charge in [0.15, 0.2) is 0 Å². The molecule has 19 heavy (non-hydrogen) atoms. The second-order valence-electron chi connectivity index (χ2n) is 3.66. The Balaban J connectivity index is 2.43. The number of methoxy groups -OCH3 is 2. The molecule has 0 aliphatic heterocycles. The maximum atomic E-state index is 10.8. The molecule has 0 bridgehead atoms. The van der Waals surface area contributed by atoms with Crippen LogP contribution in [0.5, 0.6) is 11.9 Å². The predicted octanol–water partition coefficient (Wildman–Crippen LogP) is 1.86. The summed E-state index contributed by atoms with van der Waals surface area (Å²) in [5.74, 6) is -0.598. The van der Waals surface area contributed by atoms with Crippen molar-refractivity contribution in [1.29, 1.82) is 0 Å². The Kier molecular flexibility index (Phi) is 3.61. The Morgan fingerprint density at radius 3 is 2.37 bits per heavy atom. The minimum absolute atomic E-state index is 0.211. The van der Waals surface area contributed by atoms with Crippen molar-refractivity contribution >= 4 is 5.97 Å². The Morgan fingerprint density at radius 2 is 1.84 bits per heavy atom. The lowest BCUT2D eigenvalue weighted by Crippen LogP contribution is -1.98. The van der Waals surface area contributed by atoms with Crippen molar-refractivity contribution in [3.05, 3.63) is 36.0 Å². The first-order valence-electron chi connectivity index (χ1n) is 5.44. The van der Waals surface area contributed by atoms with E-state index in [1.54, 1.807) is 18.3 Å². The average molecular weight is 260 g/mol.